The number of hydrogen-bond acceptors (Lipinski definition) is 2. The molecule has 2 atom stereocenters. The molecule has 1 heterocycles. The van der Waals surface area contributed by atoms with Gasteiger partial charge in [0.1, 0.15) is 6.10 Å². The van der Waals surface area contributed by atoms with E-state index in [9.17, 15) is 9.18 Å². The maximum atomic E-state index is 12.0. The lowest BCUT2D eigenvalue weighted by molar-refractivity contribution is 0.0999. The SMILES string of the molecule is O=C(NCCCF)N[C@@H]1CCO[C@@H]1c1ccc(Cl)cc1. The van der Waals surface area contributed by atoms with E-state index < -0.39 is 6.67 Å². The first-order chi connectivity index (χ1) is 9.70. The highest BCUT2D eigenvalue weighted by atomic mass is 35.5. The van der Waals surface area contributed by atoms with Crippen molar-refractivity contribution in [2.24, 2.45) is 0 Å². The van der Waals surface area contributed by atoms with E-state index in [4.69, 9.17) is 16.3 Å². The lowest BCUT2D eigenvalue weighted by Crippen LogP contribution is -2.43. The Balaban J connectivity index is 1.90. The van der Waals surface area contributed by atoms with Crippen molar-refractivity contribution in [2.75, 3.05) is 19.8 Å². The molecule has 4 nitrogen and oxygen atoms in total. The molecule has 1 saturated heterocycles. The van der Waals surface area contributed by atoms with Crippen LogP contribution in [0.3, 0.4) is 0 Å². The first kappa shape index (κ1) is 15.1. The fourth-order valence-corrected chi connectivity index (χ4v) is 2.33. The minimum absolute atomic E-state index is 0.0819. The van der Waals surface area contributed by atoms with Crippen LogP contribution in [0.4, 0.5) is 9.18 Å². The highest BCUT2D eigenvalue weighted by Crippen LogP contribution is 2.29. The number of carbonyl (C=O) groups is 1. The lowest BCUT2D eigenvalue weighted by Gasteiger charge is -2.20. The van der Waals surface area contributed by atoms with E-state index in [0.29, 0.717) is 24.6 Å². The van der Waals surface area contributed by atoms with Crippen LogP contribution in [0.2, 0.25) is 5.02 Å². The summed E-state index contributed by atoms with van der Waals surface area (Å²) in [5.74, 6) is 0. The van der Waals surface area contributed by atoms with Gasteiger partial charge in [0.05, 0.1) is 12.7 Å². The summed E-state index contributed by atoms with van der Waals surface area (Å²) >= 11 is 5.86. The minimum Gasteiger partial charge on any atom is -0.371 e. The molecule has 2 amide bonds. The molecule has 0 unspecified atom stereocenters. The molecular weight excluding hydrogens is 283 g/mol. The fourth-order valence-electron chi connectivity index (χ4n) is 2.21. The predicted molar refractivity (Wildman–Crippen MR) is 75.7 cm³/mol. The average Bonchev–Trinajstić information content (AvgIpc) is 2.88. The summed E-state index contributed by atoms with van der Waals surface area (Å²) in [5.41, 5.74) is 0.987. The van der Waals surface area contributed by atoms with Crippen molar-refractivity contribution in [1.82, 2.24) is 10.6 Å². The molecule has 2 N–H and O–H groups in total. The summed E-state index contributed by atoms with van der Waals surface area (Å²) in [4.78, 5) is 11.7. The number of urea groups is 1. The molecule has 1 aromatic carbocycles. The summed E-state index contributed by atoms with van der Waals surface area (Å²) in [6, 6.07) is 7.03. The standard InChI is InChI=1S/C14H18ClFN2O2/c15-11-4-2-10(3-5-11)13-12(6-9-20-13)18-14(19)17-8-1-7-16/h2-5,12-13H,1,6-9H2,(H2,17,18,19)/t12-,13-/m1/s1. The van der Waals surface area contributed by atoms with Gasteiger partial charge in [0.25, 0.3) is 0 Å². The topological polar surface area (TPSA) is 50.4 Å². The van der Waals surface area contributed by atoms with Gasteiger partial charge in [-0.05, 0) is 30.5 Å². The van der Waals surface area contributed by atoms with E-state index >= 15 is 0 Å². The number of hydrogen-bond donors (Lipinski definition) is 2. The van der Waals surface area contributed by atoms with Gasteiger partial charge >= 0.3 is 6.03 Å². The zero-order valence-electron chi connectivity index (χ0n) is 11.1. The van der Waals surface area contributed by atoms with Gasteiger partial charge in [-0.25, -0.2) is 4.79 Å². The van der Waals surface area contributed by atoms with Gasteiger partial charge in [-0.1, -0.05) is 23.7 Å². The van der Waals surface area contributed by atoms with Gasteiger partial charge in [-0.15, -0.1) is 0 Å². The zero-order chi connectivity index (χ0) is 14.4. The van der Waals surface area contributed by atoms with Gasteiger partial charge in [0.15, 0.2) is 0 Å². The van der Waals surface area contributed by atoms with E-state index in [1.165, 1.54) is 0 Å². The van der Waals surface area contributed by atoms with Crippen LogP contribution in [-0.4, -0.2) is 31.9 Å². The Bertz CT molecular complexity index is 441. The quantitative estimate of drug-likeness (QED) is 0.822. The predicted octanol–water partition coefficient (Wildman–Crippen LogP) is 2.83. The molecule has 0 bridgehead atoms. The van der Waals surface area contributed by atoms with Gasteiger partial charge < -0.3 is 15.4 Å². The number of carbonyl (C=O) groups excluding carboxylic acids is 1. The molecule has 0 spiro atoms. The smallest absolute Gasteiger partial charge is 0.315 e. The number of ether oxygens (including phenoxy) is 1. The molecule has 0 aromatic heterocycles. The monoisotopic (exact) mass is 300 g/mol. The van der Waals surface area contributed by atoms with Crippen molar-refractivity contribution in [1.29, 1.82) is 0 Å². The highest BCUT2D eigenvalue weighted by molar-refractivity contribution is 6.30. The molecule has 1 fully saturated rings. The van der Waals surface area contributed by atoms with Crippen LogP contribution in [-0.2, 0) is 4.74 Å². The molecule has 1 aliphatic heterocycles. The van der Waals surface area contributed by atoms with Crippen LogP contribution in [0.25, 0.3) is 0 Å². The van der Waals surface area contributed by atoms with Crippen LogP contribution < -0.4 is 10.6 Å². The maximum Gasteiger partial charge on any atom is 0.315 e. The normalized spacial score (nSPS) is 21.7. The number of rotatable bonds is 5. The van der Waals surface area contributed by atoms with Crippen molar-refractivity contribution < 1.29 is 13.9 Å². The molecule has 110 valence electrons. The Labute approximate surface area is 122 Å². The van der Waals surface area contributed by atoms with E-state index in [1.807, 2.05) is 12.1 Å². The molecule has 1 aliphatic rings. The second-order valence-corrected chi connectivity index (χ2v) is 5.12. The van der Waals surface area contributed by atoms with Crippen molar-refractivity contribution >= 4 is 17.6 Å². The van der Waals surface area contributed by atoms with E-state index in [0.717, 1.165) is 12.0 Å². The summed E-state index contributed by atoms with van der Waals surface area (Å²) < 4.78 is 17.6. The molecular formula is C14H18ClFN2O2. The van der Waals surface area contributed by atoms with Crippen molar-refractivity contribution in [3.8, 4) is 0 Å². The number of nitrogens with one attached hydrogen (secondary N) is 2. The van der Waals surface area contributed by atoms with Gasteiger partial charge in [-0.2, -0.15) is 0 Å². The van der Waals surface area contributed by atoms with Crippen molar-refractivity contribution in [3.05, 3.63) is 34.9 Å². The van der Waals surface area contributed by atoms with Crippen LogP contribution >= 0.6 is 11.6 Å². The third-order valence-electron chi connectivity index (χ3n) is 3.20. The number of halogens is 2. The van der Waals surface area contributed by atoms with Crippen LogP contribution in [0.15, 0.2) is 24.3 Å². The summed E-state index contributed by atoms with van der Waals surface area (Å²) in [6.07, 6.45) is 0.915. The number of benzene rings is 1. The van der Waals surface area contributed by atoms with Crippen molar-refractivity contribution in [3.63, 3.8) is 0 Å². The molecule has 1 aromatic rings. The van der Waals surface area contributed by atoms with E-state index in [1.54, 1.807) is 12.1 Å². The second kappa shape index (κ2) is 7.45. The fraction of sp³-hybridized carbons (Fsp3) is 0.500. The Morgan fingerprint density at radius 3 is 2.85 bits per heavy atom. The average molecular weight is 301 g/mol. The Hall–Kier alpha value is -1.33. The number of alkyl halides is 1. The maximum absolute atomic E-state index is 12.0. The number of amides is 2. The van der Waals surface area contributed by atoms with E-state index in [2.05, 4.69) is 10.6 Å². The third-order valence-corrected chi connectivity index (χ3v) is 3.45. The van der Waals surface area contributed by atoms with Crippen LogP contribution in [0, 0.1) is 0 Å². The highest BCUT2D eigenvalue weighted by Gasteiger charge is 2.30. The Kier molecular flexibility index (Phi) is 5.61. The first-order valence-corrected chi connectivity index (χ1v) is 7.06. The summed E-state index contributed by atoms with van der Waals surface area (Å²) in [6.45, 7) is 0.504. The van der Waals surface area contributed by atoms with Crippen LogP contribution in [0.1, 0.15) is 24.5 Å². The van der Waals surface area contributed by atoms with Gasteiger partial charge in [0.2, 0.25) is 0 Å². The lowest BCUT2D eigenvalue weighted by atomic mass is 10.0. The van der Waals surface area contributed by atoms with Crippen LogP contribution in [0.5, 0.6) is 0 Å². The molecule has 6 heteroatoms. The van der Waals surface area contributed by atoms with Gasteiger partial charge in [0, 0.05) is 18.2 Å². The molecule has 20 heavy (non-hydrogen) atoms. The Morgan fingerprint density at radius 1 is 1.40 bits per heavy atom. The van der Waals surface area contributed by atoms with Crippen molar-refractivity contribution in [2.45, 2.75) is 25.0 Å². The zero-order valence-corrected chi connectivity index (χ0v) is 11.8. The Morgan fingerprint density at radius 2 is 2.15 bits per heavy atom. The third kappa shape index (κ3) is 4.08. The largest absolute Gasteiger partial charge is 0.371 e. The molecule has 0 saturated carbocycles. The second-order valence-electron chi connectivity index (χ2n) is 4.68. The molecule has 2 rings (SSSR count). The minimum atomic E-state index is -0.430. The molecule has 0 radical (unpaired) electrons. The summed E-state index contributed by atoms with van der Waals surface area (Å²) in [5, 5.41) is 6.16. The molecule has 0 aliphatic carbocycles. The summed E-state index contributed by atoms with van der Waals surface area (Å²) in [7, 11) is 0. The van der Waals surface area contributed by atoms with Gasteiger partial charge in [-0.3, -0.25) is 4.39 Å². The first-order valence-electron chi connectivity index (χ1n) is 6.68. The van der Waals surface area contributed by atoms with E-state index in [-0.39, 0.29) is 18.2 Å².